The van der Waals surface area contributed by atoms with E-state index in [1.807, 2.05) is 0 Å². The van der Waals surface area contributed by atoms with Gasteiger partial charge in [-0.05, 0) is 65.1 Å². The SMILES string of the molecule is CN[C@@H](CCCCN)C(=O)N[C@@H](CCCCN)C(=O)NC(=O)CCCCCN1C(=O)CC(C(=O)[C@H](CS)NS(=O)(=O)C(F)(F)F)C1=O. The first-order valence-corrected chi connectivity index (χ1v) is 17.4. The zero-order chi connectivity index (χ0) is 35.8. The molecule has 0 radical (unpaired) electrons. The van der Waals surface area contributed by atoms with Gasteiger partial charge in [-0.25, -0.2) is 8.42 Å². The highest BCUT2D eigenvalue weighted by Gasteiger charge is 2.50. The van der Waals surface area contributed by atoms with Gasteiger partial charge in [0.25, 0.3) is 0 Å². The molecule has 5 amide bonds. The van der Waals surface area contributed by atoms with E-state index in [1.165, 1.54) is 4.72 Å². The number of ketones is 1. The number of likely N-dealkylation sites (N-methyl/N-ethyl adjacent to an activating group) is 1. The second-order valence-electron chi connectivity index (χ2n) is 11.0. The molecule has 0 aromatic heterocycles. The monoisotopic (exact) mass is 717 g/mol. The molecular weight excluding hydrogens is 671 g/mol. The van der Waals surface area contributed by atoms with E-state index in [9.17, 15) is 50.4 Å². The number of halogens is 3. The Labute approximate surface area is 277 Å². The number of carbonyl (C=O) groups excluding carboxylic acids is 6. The molecule has 20 heteroatoms. The molecule has 1 aliphatic rings. The summed E-state index contributed by atoms with van der Waals surface area (Å²) < 4.78 is 62.2. The standard InChI is InChI=1S/C27H46F3N7O8S2/c1-33-18(9-4-6-12-31)24(41)34-19(10-5-7-13-32)25(42)35-21(38)11-3-2-8-14-37-22(39)15-17(26(37)43)23(40)20(16-46)36-47(44,45)27(28,29)30/h17-20,33,36,46H,2-16,31-32H2,1H3,(H,34,41)(H,35,38,42)/t17?,18-,19-,20-/m0/s1. The van der Waals surface area contributed by atoms with Crippen LogP contribution in [0.2, 0.25) is 0 Å². The Hall–Kier alpha value is -2.65. The number of sulfonamides is 1. The van der Waals surface area contributed by atoms with Crippen LogP contribution in [0.15, 0.2) is 0 Å². The minimum atomic E-state index is -5.90. The van der Waals surface area contributed by atoms with Crippen LogP contribution in [-0.4, -0.2) is 105 Å². The minimum absolute atomic E-state index is 0.0839. The summed E-state index contributed by atoms with van der Waals surface area (Å²) in [7, 11) is -4.27. The Morgan fingerprint density at radius 3 is 2.04 bits per heavy atom. The highest BCUT2D eigenvalue weighted by Crippen LogP contribution is 2.26. The van der Waals surface area contributed by atoms with Crippen LogP contribution in [-0.2, 0) is 38.8 Å². The van der Waals surface area contributed by atoms with E-state index < -0.39 is 81.2 Å². The average molecular weight is 718 g/mol. The third kappa shape index (κ3) is 13.8. The second-order valence-corrected chi connectivity index (χ2v) is 13.1. The maximum atomic E-state index is 12.8. The Balaban J connectivity index is 2.62. The molecule has 0 spiro atoms. The van der Waals surface area contributed by atoms with Crippen molar-refractivity contribution < 1.29 is 50.4 Å². The van der Waals surface area contributed by atoms with E-state index in [4.69, 9.17) is 11.5 Å². The zero-order valence-corrected chi connectivity index (χ0v) is 28.0. The number of nitrogens with zero attached hydrogens (tertiary/aromatic N) is 1. The molecule has 0 bridgehead atoms. The Bertz CT molecular complexity index is 1210. The summed E-state index contributed by atoms with van der Waals surface area (Å²) in [6, 6.07) is -3.49. The lowest BCUT2D eigenvalue weighted by molar-refractivity contribution is -0.141. The highest BCUT2D eigenvalue weighted by molar-refractivity contribution is 7.90. The molecule has 15 nitrogen and oxygen atoms in total. The summed E-state index contributed by atoms with van der Waals surface area (Å²) in [6.45, 7) is 0.738. The van der Waals surface area contributed by atoms with Crippen molar-refractivity contribution in [3.05, 3.63) is 0 Å². The first kappa shape index (κ1) is 42.4. The molecule has 270 valence electrons. The molecular formula is C27H46F3N7O8S2. The van der Waals surface area contributed by atoms with Crippen LogP contribution in [0.5, 0.6) is 0 Å². The van der Waals surface area contributed by atoms with Crippen LogP contribution in [0.1, 0.15) is 70.6 Å². The van der Waals surface area contributed by atoms with E-state index >= 15 is 0 Å². The van der Waals surface area contributed by atoms with Gasteiger partial charge in [0.1, 0.15) is 12.0 Å². The number of thiol groups is 1. The number of imide groups is 2. The van der Waals surface area contributed by atoms with Crippen LogP contribution >= 0.6 is 12.6 Å². The number of hydrogen-bond acceptors (Lipinski definition) is 12. The van der Waals surface area contributed by atoms with Gasteiger partial charge in [0.2, 0.25) is 29.5 Å². The quantitative estimate of drug-likeness (QED) is 0.0299. The van der Waals surface area contributed by atoms with Gasteiger partial charge in [0, 0.05) is 25.1 Å². The van der Waals surface area contributed by atoms with E-state index in [1.54, 1.807) is 7.05 Å². The number of nitrogens with two attached hydrogens (primary N) is 2. The third-order valence-corrected chi connectivity index (χ3v) is 9.02. The summed E-state index contributed by atoms with van der Waals surface area (Å²) in [5, 5.41) is 7.89. The number of amides is 5. The molecule has 47 heavy (non-hydrogen) atoms. The van der Waals surface area contributed by atoms with Crippen LogP contribution in [0.4, 0.5) is 13.2 Å². The van der Waals surface area contributed by atoms with E-state index in [0.717, 1.165) is 11.3 Å². The summed E-state index contributed by atoms with van der Waals surface area (Å²) in [6.07, 6.45) is 3.46. The molecule has 0 aliphatic carbocycles. The maximum absolute atomic E-state index is 12.8. The molecule has 0 aromatic rings. The average Bonchev–Trinajstić information content (AvgIpc) is 3.28. The van der Waals surface area contributed by atoms with Gasteiger partial charge < -0.3 is 22.1 Å². The first-order chi connectivity index (χ1) is 22.0. The number of Topliss-reactive ketones (excluding diaryl/α,β-unsaturated/α-hetero) is 1. The smallest absolute Gasteiger partial charge is 0.343 e. The van der Waals surface area contributed by atoms with Crippen molar-refractivity contribution in [3.63, 3.8) is 0 Å². The van der Waals surface area contributed by atoms with Crippen molar-refractivity contribution in [1.29, 1.82) is 0 Å². The number of likely N-dealkylation sites (tertiary alicyclic amines) is 1. The Morgan fingerprint density at radius 1 is 0.915 bits per heavy atom. The molecule has 1 aliphatic heterocycles. The van der Waals surface area contributed by atoms with Gasteiger partial charge in [0.05, 0.1) is 12.1 Å². The lowest BCUT2D eigenvalue weighted by atomic mass is 9.98. The lowest BCUT2D eigenvalue weighted by Gasteiger charge is -2.22. The molecule has 0 saturated carbocycles. The summed E-state index contributed by atoms with van der Waals surface area (Å²) >= 11 is 3.71. The number of nitrogens with one attached hydrogen (secondary N) is 4. The molecule has 1 unspecified atom stereocenters. The fourth-order valence-corrected chi connectivity index (χ4v) is 5.88. The maximum Gasteiger partial charge on any atom is 0.511 e. The number of rotatable bonds is 23. The minimum Gasteiger partial charge on any atom is -0.343 e. The van der Waals surface area contributed by atoms with Crippen LogP contribution in [0, 0.1) is 5.92 Å². The predicted molar refractivity (Wildman–Crippen MR) is 168 cm³/mol. The number of alkyl halides is 3. The molecule has 0 aromatic carbocycles. The van der Waals surface area contributed by atoms with Crippen molar-refractivity contribution in [1.82, 2.24) is 25.6 Å². The van der Waals surface area contributed by atoms with Crippen molar-refractivity contribution in [2.75, 3.05) is 32.4 Å². The van der Waals surface area contributed by atoms with Gasteiger partial charge in [0.15, 0.2) is 5.78 Å². The lowest BCUT2D eigenvalue weighted by Crippen LogP contribution is -2.53. The molecule has 8 N–H and O–H groups in total. The molecule has 1 rings (SSSR count). The fourth-order valence-electron chi connectivity index (χ4n) is 4.78. The summed E-state index contributed by atoms with van der Waals surface area (Å²) in [5.41, 5.74) is 5.36. The van der Waals surface area contributed by atoms with Gasteiger partial charge in [-0.2, -0.15) is 30.5 Å². The zero-order valence-electron chi connectivity index (χ0n) is 26.3. The Kier molecular flexibility index (Phi) is 18.6. The van der Waals surface area contributed by atoms with Gasteiger partial charge in [-0.3, -0.25) is 39.0 Å². The summed E-state index contributed by atoms with van der Waals surface area (Å²) in [5.74, 6) is -6.93. The third-order valence-electron chi connectivity index (χ3n) is 7.46. The molecule has 4 atom stereocenters. The molecule has 1 saturated heterocycles. The molecule has 1 fully saturated rings. The van der Waals surface area contributed by atoms with Crippen LogP contribution in [0.3, 0.4) is 0 Å². The van der Waals surface area contributed by atoms with E-state index in [0.29, 0.717) is 45.2 Å². The van der Waals surface area contributed by atoms with Gasteiger partial charge >= 0.3 is 15.5 Å². The van der Waals surface area contributed by atoms with Crippen molar-refractivity contribution in [3.8, 4) is 0 Å². The van der Waals surface area contributed by atoms with Gasteiger partial charge in [-0.1, -0.05) is 12.8 Å². The highest BCUT2D eigenvalue weighted by atomic mass is 32.2. The first-order valence-electron chi connectivity index (χ1n) is 15.3. The number of unbranched alkanes of at least 4 members (excludes halogenated alkanes) is 4. The predicted octanol–water partition coefficient (Wildman–Crippen LogP) is -0.798. The second kappa shape index (κ2) is 20.7. The number of carbonyl (C=O) groups is 6. The topological polar surface area (TPSA) is 240 Å². The van der Waals surface area contributed by atoms with E-state index in [2.05, 4.69) is 28.6 Å². The Morgan fingerprint density at radius 2 is 1.51 bits per heavy atom. The number of hydrogen-bond donors (Lipinski definition) is 7. The van der Waals surface area contributed by atoms with Crippen LogP contribution in [0.25, 0.3) is 0 Å². The largest absolute Gasteiger partial charge is 0.511 e. The van der Waals surface area contributed by atoms with Crippen LogP contribution < -0.4 is 32.1 Å². The molecule has 1 heterocycles. The van der Waals surface area contributed by atoms with Crippen molar-refractivity contribution >= 4 is 58.0 Å². The van der Waals surface area contributed by atoms with Crippen molar-refractivity contribution in [2.24, 2.45) is 17.4 Å². The fraction of sp³-hybridized carbons (Fsp3) is 0.778. The van der Waals surface area contributed by atoms with E-state index in [-0.39, 0.29) is 38.1 Å². The summed E-state index contributed by atoms with van der Waals surface area (Å²) in [4.78, 5) is 76.6. The van der Waals surface area contributed by atoms with Crippen molar-refractivity contribution in [2.45, 2.75) is 94.3 Å². The van der Waals surface area contributed by atoms with Gasteiger partial charge in [-0.15, -0.1) is 0 Å². The normalized spacial score (nSPS) is 17.3.